The Balaban J connectivity index is 2.92. The summed E-state index contributed by atoms with van der Waals surface area (Å²) in [5, 5.41) is 15.7. The van der Waals surface area contributed by atoms with E-state index >= 15 is 0 Å². The van der Waals surface area contributed by atoms with Gasteiger partial charge in [0.25, 0.3) is 5.56 Å². The number of nitrogens with zero attached hydrogens (tertiary/aromatic N) is 2. The van der Waals surface area contributed by atoms with Crippen molar-refractivity contribution in [2.24, 2.45) is 0 Å². The third kappa shape index (κ3) is 2.55. The molecule has 1 rings (SSSR count). The second-order valence-corrected chi connectivity index (χ2v) is 2.86. The first kappa shape index (κ1) is 9.73. The molecule has 0 amide bonds. The Morgan fingerprint density at radius 3 is 2.92 bits per heavy atom. The highest BCUT2D eigenvalue weighted by atomic mass is 16.3. The zero-order valence-corrected chi connectivity index (χ0v) is 7.69. The summed E-state index contributed by atoms with van der Waals surface area (Å²) in [5.41, 5.74) is 0.458. The zero-order valence-electron chi connectivity index (χ0n) is 7.69. The topological polar surface area (TPSA) is 67.2 Å². The van der Waals surface area contributed by atoms with E-state index in [2.05, 4.69) is 10.4 Å². The van der Waals surface area contributed by atoms with Crippen molar-refractivity contribution >= 4 is 5.69 Å². The van der Waals surface area contributed by atoms with Crippen molar-refractivity contribution < 1.29 is 5.11 Å². The maximum Gasteiger partial charge on any atom is 0.268 e. The molecular formula is C8H13N3O2. The van der Waals surface area contributed by atoms with Crippen LogP contribution in [0.5, 0.6) is 0 Å². The van der Waals surface area contributed by atoms with E-state index in [4.69, 9.17) is 5.11 Å². The number of rotatable bonds is 3. The van der Waals surface area contributed by atoms with Gasteiger partial charge in [-0.15, -0.1) is 0 Å². The Labute approximate surface area is 76.0 Å². The summed E-state index contributed by atoms with van der Waals surface area (Å²) in [5.74, 6) is 0. The van der Waals surface area contributed by atoms with Crippen LogP contribution in [-0.2, 0) is 6.54 Å². The highest BCUT2D eigenvalue weighted by Crippen LogP contribution is 1.96. The number of hydrogen-bond acceptors (Lipinski definition) is 4. The average molecular weight is 183 g/mol. The van der Waals surface area contributed by atoms with E-state index in [1.807, 2.05) is 0 Å². The van der Waals surface area contributed by atoms with Crippen molar-refractivity contribution in [2.45, 2.75) is 19.6 Å². The van der Waals surface area contributed by atoms with Crippen molar-refractivity contribution in [3.8, 4) is 0 Å². The molecule has 0 bridgehead atoms. The van der Waals surface area contributed by atoms with Crippen LogP contribution in [0.4, 0.5) is 5.69 Å². The lowest BCUT2D eigenvalue weighted by molar-refractivity contribution is 0.166. The summed E-state index contributed by atoms with van der Waals surface area (Å²) in [6.45, 7) is 1.84. The Kier molecular flexibility index (Phi) is 3.02. The SMILES string of the molecule is CNc1cnn(CC(C)O)c(=O)c1. The third-order valence-corrected chi connectivity index (χ3v) is 1.60. The fourth-order valence-corrected chi connectivity index (χ4v) is 0.958. The summed E-state index contributed by atoms with van der Waals surface area (Å²) in [6, 6.07) is 1.44. The molecule has 0 spiro atoms. The number of hydrogen-bond donors (Lipinski definition) is 2. The first-order chi connectivity index (χ1) is 6.13. The number of aromatic nitrogens is 2. The van der Waals surface area contributed by atoms with Crippen molar-refractivity contribution in [3.63, 3.8) is 0 Å². The van der Waals surface area contributed by atoms with Gasteiger partial charge >= 0.3 is 0 Å². The Morgan fingerprint density at radius 1 is 1.77 bits per heavy atom. The quantitative estimate of drug-likeness (QED) is 0.673. The highest BCUT2D eigenvalue weighted by molar-refractivity contribution is 5.37. The minimum Gasteiger partial charge on any atom is -0.391 e. The molecule has 5 nitrogen and oxygen atoms in total. The molecule has 1 atom stereocenters. The molecule has 1 aromatic rings. The number of anilines is 1. The molecule has 0 fully saturated rings. The standard InChI is InChI=1S/C8H13N3O2/c1-6(12)5-11-8(13)3-7(9-2)4-10-11/h3-4,6,9,12H,5H2,1-2H3. The molecule has 0 aromatic carbocycles. The van der Waals surface area contributed by atoms with Gasteiger partial charge in [0, 0.05) is 13.1 Å². The Hall–Kier alpha value is -1.36. The van der Waals surface area contributed by atoms with Gasteiger partial charge in [-0.25, -0.2) is 4.68 Å². The maximum atomic E-state index is 11.3. The predicted molar refractivity (Wildman–Crippen MR) is 49.7 cm³/mol. The van der Waals surface area contributed by atoms with Crippen LogP contribution in [0, 0.1) is 0 Å². The zero-order chi connectivity index (χ0) is 9.84. The molecule has 1 unspecified atom stereocenters. The van der Waals surface area contributed by atoms with Gasteiger partial charge in [0.05, 0.1) is 24.5 Å². The number of nitrogens with one attached hydrogen (secondary N) is 1. The molecular weight excluding hydrogens is 170 g/mol. The van der Waals surface area contributed by atoms with Gasteiger partial charge in [0.2, 0.25) is 0 Å². The molecule has 0 aliphatic rings. The number of aliphatic hydroxyl groups excluding tert-OH is 1. The fourth-order valence-electron chi connectivity index (χ4n) is 0.958. The lowest BCUT2D eigenvalue weighted by Crippen LogP contribution is -2.27. The minimum atomic E-state index is -0.564. The van der Waals surface area contributed by atoms with Crippen molar-refractivity contribution in [2.75, 3.05) is 12.4 Å². The Morgan fingerprint density at radius 2 is 2.46 bits per heavy atom. The summed E-state index contributed by atoms with van der Waals surface area (Å²) < 4.78 is 1.23. The van der Waals surface area contributed by atoms with E-state index in [0.29, 0.717) is 5.69 Å². The lowest BCUT2D eigenvalue weighted by Gasteiger charge is -2.06. The minimum absolute atomic E-state index is 0.215. The average Bonchev–Trinajstić information content (AvgIpc) is 2.08. The van der Waals surface area contributed by atoms with Crippen LogP contribution < -0.4 is 10.9 Å². The van der Waals surface area contributed by atoms with Gasteiger partial charge in [-0.3, -0.25) is 4.79 Å². The predicted octanol–water partition coefficient (Wildman–Crippen LogP) is -0.334. The molecule has 0 radical (unpaired) electrons. The molecule has 2 N–H and O–H groups in total. The summed E-state index contributed by atoms with van der Waals surface area (Å²) in [4.78, 5) is 11.3. The van der Waals surface area contributed by atoms with Crippen molar-refractivity contribution in [1.82, 2.24) is 9.78 Å². The fraction of sp³-hybridized carbons (Fsp3) is 0.500. The summed E-state index contributed by atoms with van der Waals surface area (Å²) in [7, 11) is 1.72. The second kappa shape index (κ2) is 4.04. The molecule has 0 aliphatic heterocycles. The molecule has 13 heavy (non-hydrogen) atoms. The summed E-state index contributed by atoms with van der Waals surface area (Å²) in [6.07, 6.45) is 0.981. The van der Waals surface area contributed by atoms with Crippen molar-refractivity contribution in [3.05, 3.63) is 22.6 Å². The Bertz CT molecular complexity index is 332. The van der Waals surface area contributed by atoms with Gasteiger partial charge < -0.3 is 10.4 Å². The molecule has 1 aromatic heterocycles. The molecule has 1 heterocycles. The van der Waals surface area contributed by atoms with Gasteiger partial charge in [-0.2, -0.15) is 5.10 Å². The van der Waals surface area contributed by atoms with E-state index in [9.17, 15) is 4.79 Å². The first-order valence-electron chi connectivity index (χ1n) is 4.06. The normalized spacial score (nSPS) is 12.5. The van der Waals surface area contributed by atoms with Gasteiger partial charge in [0.15, 0.2) is 0 Å². The molecule has 0 saturated carbocycles. The molecule has 0 saturated heterocycles. The van der Waals surface area contributed by atoms with E-state index in [0.717, 1.165) is 0 Å². The van der Waals surface area contributed by atoms with E-state index in [-0.39, 0.29) is 12.1 Å². The van der Waals surface area contributed by atoms with Crippen LogP contribution in [0.25, 0.3) is 0 Å². The van der Waals surface area contributed by atoms with Crippen LogP contribution in [0.15, 0.2) is 17.1 Å². The molecule has 72 valence electrons. The summed E-state index contributed by atoms with van der Waals surface area (Å²) >= 11 is 0. The van der Waals surface area contributed by atoms with Crippen molar-refractivity contribution in [1.29, 1.82) is 0 Å². The van der Waals surface area contributed by atoms with Crippen LogP contribution in [0.1, 0.15) is 6.92 Å². The highest BCUT2D eigenvalue weighted by Gasteiger charge is 2.01. The van der Waals surface area contributed by atoms with Crippen LogP contribution in [0.3, 0.4) is 0 Å². The maximum absolute atomic E-state index is 11.3. The van der Waals surface area contributed by atoms with Gasteiger partial charge in [-0.05, 0) is 6.92 Å². The third-order valence-electron chi connectivity index (χ3n) is 1.60. The monoisotopic (exact) mass is 183 g/mol. The first-order valence-corrected chi connectivity index (χ1v) is 4.06. The number of aliphatic hydroxyl groups is 1. The lowest BCUT2D eigenvalue weighted by atomic mass is 10.4. The smallest absolute Gasteiger partial charge is 0.268 e. The van der Waals surface area contributed by atoms with Crippen LogP contribution >= 0.6 is 0 Å². The van der Waals surface area contributed by atoms with E-state index in [1.165, 1.54) is 10.7 Å². The van der Waals surface area contributed by atoms with E-state index < -0.39 is 6.10 Å². The van der Waals surface area contributed by atoms with Gasteiger partial charge in [-0.1, -0.05) is 0 Å². The second-order valence-electron chi connectivity index (χ2n) is 2.86. The molecule has 5 heteroatoms. The van der Waals surface area contributed by atoms with Gasteiger partial charge in [0.1, 0.15) is 0 Å². The van der Waals surface area contributed by atoms with Crippen LogP contribution in [0.2, 0.25) is 0 Å². The van der Waals surface area contributed by atoms with E-state index in [1.54, 1.807) is 20.2 Å². The molecule has 0 aliphatic carbocycles. The van der Waals surface area contributed by atoms with Crippen LogP contribution in [-0.4, -0.2) is 28.0 Å². The largest absolute Gasteiger partial charge is 0.391 e.